The Bertz CT molecular complexity index is 744. The zero-order valence-electron chi connectivity index (χ0n) is 14.4. The van der Waals surface area contributed by atoms with Gasteiger partial charge in [0.1, 0.15) is 17.0 Å². The van der Waals surface area contributed by atoms with Crippen LogP contribution in [0.1, 0.15) is 20.8 Å². The summed E-state index contributed by atoms with van der Waals surface area (Å²) in [6.07, 6.45) is 3.09. The van der Waals surface area contributed by atoms with Crippen molar-refractivity contribution in [3.05, 3.63) is 32.7 Å². The summed E-state index contributed by atoms with van der Waals surface area (Å²) in [7, 11) is 0. The number of carbonyl (C=O) groups is 3. The van der Waals surface area contributed by atoms with E-state index in [0.717, 1.165) is 38.8 Å². The van der Waals surface area contributed by atoms with Crippen molar-refractivity contribution in [1.82, 2.24) is 9.80 Å². The van der Waals surface area contributed by atoms with Crippen LogP contribution in [0, 0.1) is 0 Å². The highest BCUT2D eigenvalue weighted by atomic mass is 32.2. The lowest BCUT2D eigenvalue weighted by atomic mass is 10.3. The zero-order chi connectivity index (χ0) is 19.4. The number of ether oxygens (including phenoxy) is 1. The van der Waals surface area contributed by atoms with Gasteiger partial charge in [-0.25, -0.2) is 0 Å². The molecule has 0 aromatic rings. The lowest BCUT2D eigenvalue weighted by Gasteiger charge is -2.18. The van der Waals surface area contributed by atoms with E-state index in [4.69, 9.17) is 22.1 Å². The number of thioether (sulfide) groups is 2. The Morgan fingerprint density at radius 1 is 1.35 bits per heavy atom. The molecule has 0 radical (unpaired) electrons. The summed E-state index contributed by atoms with van der Waals surface area (Å²) in [6, 6.07) is 0. The first-order chi connectivity index (χ1) is 12.3. The van der Waals surface area contributed by atoms with E-state index in [1.807, 2.05) is 13.8 Å². The van der Waals surface area contributed by atoms with Crippen molar-refractivity contribution in [2.75, 3.05) is 13.1 Å². The second-order valence-electron chi connectivity index (χ2n) is 5.36. The van der Waals surface area contributed by atoms with Crippen molar-refractivity contribution in [2.24, 2.45) is 0 Å². The van der Waals surface area contributed by atoms with Crippen LogP contribution in [0.2, 0.25) is 0 Å². The van der Waals surface area contributed by atoms with Gasteiger partial charge in [0.05, 0.1) is 14.8 Å². The Balaban J connectivity index is 2.21. The van der Waals surface area contributed by atoms with Crippen LogP contribution in [0.25, 0.3) is 0 Å². The Morgan fingerprint density at radius 2 is 2.04 bits per heavy atom. The third-order valence-corrected chi connectivity index (χ3v) is 6.54. The quantitative estimate of drug-likeness (QED) is 0.383. The van der Waals surface area contributed by atoms with Gasteiger partial charge in [-0.1, -0.05) is 35.7 Å². The van der Waals surface area contributed by atoms with Crippen LogP contribution in [0.5, 0.6) is 0 Å². The molecule has 10 heteroatoms. The molecule has 0 bridgehead atoms. The number of carboxylic acids is 1. The predicted octanol–water partition coefficient (Wildman–Crippen LogP) is 2.52. The summed E-state index contributed by atoms with van der Waals surface area (Å²) >= 11 is 7.63. The van der Waals surface area contributed by atoms with Gasteiger partial charge in [-0.3, -0.25) is 19.3 Å². The van der Waals surface area contributed by atoms with Crippen molar-refractivity contribution in [1.29, 1.82) is 0 Å². The molecule has 1 unspecified atom stereocenters. The molecule has 2 rings (SSSR count). The molecular formula is C16H18N2O5S3. The Labute approximate surface area is 165 Å². The lowest BCUT2D eigenvalue weighted by molar-refractivity contribution is -0.140. The Hall–Kier alpha value is -1.78. The van der Waals surface area contributed by atoms with Crippen LogP contribution in [-0.4, -0.2) is 56.8 Å². The molecule has 140 valence electrons. The minimum Gasteiger partial charge on any atom is -0.480 e. The first kappa shape index (κ1) is 20.5. The molecule has 1 fully saturated rings. The highest BCUT2D eigenvalue weighted by Crippen LogP contribution is 2.43. The number of rotatable bonds is 7. The van der Waals surface area contributed by atoms with Crippen LogP contribution in [0.15, 0.2) is 32.7 Å². The van der Waals surface area contributed by atoms with Gasteiger partial charge in [0, 0.05) is 12.2 Å². The molecule has 2 aliphatic heterocycles. The molecule has 0 aromatic heterocycles. The number of carboxylic acid groups (broad SMARTS) is 1. The summed E-state index contributed by atoms with van der Waals surface area (Å²) in [4.78, 5) is 38.2. The van der Waals surface area contributed by atoms with E-state index >= 15 is 0 Å². The van der Waals surface area contributed by atoms with Crippen molar-refractivity contribution < 1.29 is 24.2 Å². The van der Waals surface area contributed by atoms with E-state index in [1.54, 1.807) is 19.1 Å². The number of allylic oxidation sites excluding steroid dienone is 3. The molecule has 26 heavy (non-hydrogen) atoms. The largest absolute Gasteiger partial charge is 0.480 e. The van der Waals surface area contributed by atoms with Gasteiger partial charge in [0.2, 0.25) is 0 Å². The molecular weight excluding hydrogens is 396 g/mol. The molecule has 1 saturated heterocycles. The van der Waals surface area contributed by atoms with Crippen molar-refractivity contribution in [3.63, 3.8) is 0 Å². The first-order valence-electron chi connectivity index (χ1n) is 7.72. The van der Waals surface area contributed by atoms with Gasteiger partial charge < -0.3 is 14.7 Å². The molecule has 0 saturated carbocycles. The van der Waals surface area contributed by atoms with E-state index in [1.165, 1.54) is 11.8 Å². The normalized spacial score (nSPS) is 22.0. The maximum atomic E-state index is 12.3. The minimum atomic E-state index is -1.11. The van der Waals surface area contributed by atoms with Crippen LogP contribution < -0.4 is 0 Å². The Morgan fingerprint density at radius 3 is 2.62 bits per heavy atom. The fourth-order valence-corrected chi connectivity index (χ4v) is 4.93. The first-order valence-corrected chi connectivity index (χ1v) is 9.77. The number of carbonyl (C=O) groups excluding carboxylic acids is 2. The number of hydrogen-bond donors (Lipinski definition) is 1. The standard InChI is InChI=1S/C16H18N2O5S3/c1-4-17-9(2)14(10(3)23-8-19)26-12(17)6-5-11-15(22)18(7-13(20)21)16(24)25-11/h5-6,8,10H,4,7H2,1-3H3,(H,20,21). The minimum absolute atomic E-state index is 0.233. The summed E-state index contributed by atoms with van der Waals surface area (Å²) in [5.74, 6) is -1.52. The molecule has 2 heterocycles. The third-order valence-electron chi connectivity index (χ3n) is 3.73. The van der Waals surface area contributed by atoms with Gasteiger partial charge in [0.25, 0.3) is 12.4 Å². The highest BCUT2D eigenvalue weighted by Gasteiger charge is 2.33. The van der Waals surface area contributed by atoms with E-state index in [9.17, 15) is 14.4 Å². The van der Waals surface area contributed by atoms with E-state index < -0.39 is 18.4 Å². The molecule has 0 aliphatic carbocycles. The van der Waals surface area contributed by atoms with Crippen molar-refractivity contribution >= 4 is 58.4 Å². The van der Waals surface area contributed by atoms with Gasteiger partial charge in [-0.05, 0) is 32.9 Å². The molecule has 1 atom stereocenters. The molecule has 2 aliphatic rings. The van der Waals surface area contributed by atoms with Gasteiger partial charge in [-0.15, -0.1) is 0 Å². The zero-order valence-corrected chi connectivity index (χ0v) is 16.9. The van der Waals surface area contributed by atoms with Gasteiger partial charge in [-0.2, -0.15) is 0 Å². The number of aliphatic carboxylic acids is 1. The summed E-state index contributed by atoms with van der Waals surface area (Å²) in [5, 5.41) is 9.77. The van der Waals surface area contributed by atoms with Crippen LogP contribution in [-0.2, 0) is 19.1 Å². The molecule has 1 N–H and O–H groups in total. The average Bonchev–Trinajstić information content (AvgIpc) is 3.03. The lowest BCUT2D eigenvalue weighted by Crippen LogP contribution is -2.33. The Kier molecular flexibility index (Phi) is 6.90. The molecule has 1 amide bonds. The van der Waals surface area contributed by atoms with Crippen molar-refractivity contribution in [3.8, 4) is 0 Å². The van der Waals surface area contributed by atoms with E-state index in [2.05, 4.69) is 4.90 Å². The summed E-state index contributed by atoms with van der Waals surface area (Å²) in [5.41, 5.74) is 0.991. The maximum absolute atomic E-state index is 12.3. The number of nitrogens with zero attached hydrogens (tertiary/aromatic N) is 2. The SMILES string of the molecule is CCN1C(=CC=C2SC(=S)N(CC(=O)O)C2=O)SC(C(C)OC=O)=C1C. The molecule has 0 spiro atoms. The van der Waals surface area contributed by atoms with Gasteiger partial charge in [0.15, 0.2) is 0 Å². The monoisotopic (exact) mass is 414 g/mol. The summed E-state index contributed by atoms with van der Waals surface area (Å²) in [6.45, 7) is 6.45. The smallest absolute Gasteiger partial charge is 0.323 e. The number of hydrogen-bond acceptors (Lipinski definition) is 8. The van der Waals surface area contributed by atoms with E-state index in [-0.39, 0.29) is 10.4 Å². The fourth-order valence-electron chi connectivity index (χ4n) is 2.51. The second-order valence-corrected chi connectivity index (χ2v) is 8.10. The van der Waals surface area contributed by atoms with E-state index in [0.29, 0.717) is 11.4 Å². The maximum Gasteiger partial charge on any atom is 0.323 e. The summed E-state index contributed by atoms with van der Waals surface area (Å²) < 4.78 is 5.26. The highest BCUT2D eigenvalue weighted by molar-refractivity contribution is 8.26. The fraction of sp³-hybridized carbons (Fsp3) is 0.375. The second kappa shape index (κ2) is 8.74. The molecule has 7 nitrogen and oxygen atoms in total. The van der Waals surface area contributed by atoms with Gasteiger partial charge >= 0.3 is 5.97 Å². The molecule has 0 aromatic carbocycles. The number of amides is 1. The average molecular weight is 415 g/mol. The van der Waals surface area contributed by atoms with Crippen molar-refractivity contribution in [2.45, 2.75) is 26.9 Å². The van der Waals surface area contributed by atoms with Crippen LogP contribution in [0.3, 0.4) is 0 Å². The topological polar surface area (TPSA) is 87.2 Å². The predicted molar refractivity (Wildman–Crippen MR) is 105 cm³/mol. The number of thiocarbonyl (C=S) groups is 1. The van der Waals surface area contributed by atoms with Crippen LogP contribution >= 0.6 is 35.7 Å². The van der Waals surface area contributed by atoms with Crippen LogP contribution in [0.4, 0.5) is 0 Å². The third kappa shape index (κ3) is 4.30.